The van der Waals surface area contributed by atoms with Crippen LogP contribution in [-0.4, -0.2) is 30.5 Å². The van der Waals surface area contributed by atoms with Crippen molar-refractivity contribution in [2.75, 3.05) is 24.2 Å². The van der Waals surface area contributed by atoms with Gasteiger partial charge in [0, 0.05) is 25.3 Å². The topological polar surface area (TPSA) is 71.2 Å². The van der Waals surface area contributed by atoms with E-state index in [1.54, 1.807) is 19.2 Å². The number of hydrogen-bond acceptors (Lipinski definition) is 4. The molecule has 1 amide bonds. The Morgan fingerprint density at radius 1 is 1.65 bits per heavy atom. The summed E-state index contributed by atoms with van der Waals surface area (Å²) in [6.45, 7) is 0.796. The second kappa shape index (κ2) is 4.79. The van der Waals surface area contributed by atoms with E-state index in [2.05, 4.69) is 10.3 Å². The van der Waals surface area contributed by atoms with Gasteiger partial charge in [-0.25, -0.2) is 4.98 Å². The first-order valence-electron chi connectivity index (χ1n) is 5.53. The van der Waals surface area contributed by atoms with Crippen molar-refractivity contribution >= 4 is 29.0 Å². The summed E-state index contributed by atoms with van der Waals surface area (Å²) in [6, 6.07) is 3.16. The van der Waals surface area contributed by atoms with Crippen molar-refractivity contribution in [2.24, 2.45) is 0 Å². The van der Waals surface area contributed by atoms with Crippen molar-refractivity contribution in [2.45, 2.75) is 18.9 Å². The molecule has 3 N–H and O–H groups in total. The van der Waals surface area contributed by atoms with Gasteiger partial charge in [0.2, 0.25) is 5.91 Å². The largest absolute Gasteiger partial charge is 0.399 e. The Labute approximate surface area is 105 Å². The molecule has 1 aliphatic rings. The molecule has 1 unspecified atom stereocenters. The molecule has 1 fully saturated rings. The van der Waals surface area contributed by atoms with Crippen molar-refractivity contribution in [3.05, 3.63) is 17.3 Å². The normalized spacial score (nSPS) is 19.4. The van der Waals surface area contributed by atoms with Crippen molar-refractivity contribution in [1.29, 1.82) is 0 Å². The summed E-state index contributed by atoms with van der Waals surface area (Å²) < 4.78 is 0. The average molecular weight is 255 g/mol. The Morgan fingerprint density at radius 2 is 2.41 bits per heavy atom. The Bertz CT molecular complexity index is 417. The van der Waals surface area contributed by atoms with Crippen LogP contribution in [0.15, 0.2) is 12.1 Å². The molecular formula is C11H15ClN4O. The Morgan fingerprint density at radius 3 is 3.06 bits per heavy atom. The van der Waals surface area contributed by atoms with Gasteiger partial charge in [-0.2, -0.15) is 0 Å². The fraction of sp³-hybridized carbons (Fsp3) is 0.455. The lowest BCUT2D eigenvalue weighted by Gasteiger charge is -2.24. The summed E-state index contributed by atoms with van der Waals surface area (Å²) in [6.07, 6.45) is 1.79. The van der Waals surface area contributed by atoms with Gasteiger partial charge < -0.3 is 16.0 Å². The Hall–Kier alpha value is -1.49. The van der Waals surface area contributed by atoms with Gasteiger partial charge in [0.05, 0.1) is 0 Å². The Kier molecular flexibility index (Phi) is 3.38. The molecule has 0 aromatic carbocycles. The first-order valence-corrected chi connectivity index (χ1v) is 5.91. The molecule has 1 aromatic rings. The smallest absolute Gasteiger partial charge is 0.242 e. The number of nitrogens with one attached hydrogen (secondary N) is 1. The Balaban J connectivity index is 2.28. The summed E-state index contributed by atoms with van der Waals surface area (Å²) >= 11 is 5.87. The average Bonchev–Trinajstić information content (AvgIpc) is 2.75. The van der Waals surface area contributed by atoms with Crippen LogP contribution in [0.25, 0.3) is 0 Å². The molecule has 0 saturated carbocycles. The molecule has 0 bridgehead atoms. The summed E-state index contributed by atoms with van der Waals surface area (Å²) in [4.78, 5) is 17.9. The molecule has 1 aliphatic heterocycles. The number of nitrogens with zero attached hydrogens (tertiary/aromatic N) is 2. The fourth-order valence-corrected chi connectivity index (χ4v) is 2.34. The van der Waals surface area contributed by atoms with Gasteiger partial charge in [-0.3, -0.25) is 4.79 Å². The first kappa shape index (κ1) is 12.0. The predicted molar refractivity (Wildman–Crippen MR) is 68.1 cm³/mol. The maximum Gasteiger partial charge on any atom is 0.242 e. The summed E-state index contributed by atoms with van der Waals surface area (Å²) in [7, 11) is 1.64. The molecule has 0 aliphatic carbocycles. The number of pyridine rings is 1. The van der Waals surface area contributed by atoms with Gasteiger partial charge in [0.25, 0.3) is 0 Å². The van der Waals surface area contributed by atoms with Gasteiger partial charge in [-0.1, -0.05) is 11.6 Å². The molecule has 5 nitrogen and oxygen atoms in total. The first-order chi connectivity index (χ1) is 8.11. The van der Waals surface area contributed by atoms with Crippen molar-refractivity contribution in [1.82, 2.24) is 10.3 Å². The lowest BCUT2D eigenvalue weighted by atomic mass is 10.2. The molecule has 6 heteroatoms. The minimum absolute atomic E-state index is 0.00264. The molecular weight excluding hydrogens is 240 g/mol. The number of hydrogen-bond donors (Lipinski definition) is 2. The maximum atomic E-state index is 11.7. The van der Waals surface area contributed by atoms with Crippen LogP contribution in [0, 0.1) is 0 Å². The SMILES string of the molecule is CNC(=O)C1CCCN1c1cc(N)cc(Cl)n1. The molecule has 2 rings (SSSR count). The summed E-state index contributed by atoms with van der Waals surface area (Å²) in [5.74, 6) is 0.670. The summed E-state index contributed by atoms with van der Waals surface area (Å²) in [5.41, 5.74) is 6.29. The number of aromatic nitrogens is 1. The van der Waals surface area contributed by atoms with Crippen LogP contribution in [0.2, 0.25) is 5.15 Å². The minimum Gasteiger partial charge on any atom is -0.399 e. The van der Waals surface area contributed by atoms with Crippen LogP contribution >= 0.6 is 11.6 Å². The van der Waals surface area contributed by atoms with E-state index in [0.29, 0.717) is 16.7 Å². The predicted octanol–water partition coefficient (Wildman–Crippen LogP) is 1.03. The van der Waals surface area contributed by atoms with Gasteiger partial charge >= 0.3 is 0 Å². The third-order valence-corrected chi connectivity index (χ3v) is 3.09. The second-order valence-electron chi connectivity index (χ2n) is 4.05. The number of nitrogen functional groups attached to an aromatic ring is 1. The third-order valence-electron chi connectivity index (χ3n) is 2.90. The van der Waals surface area contributed by atoms with Crippen LogP contribution < -0.4 is 16.0 Å². The molecule has 92 valence electrons. The van der Waals surface area contributed by atoms with E-state index in [4.69, 9.17) is 17.3 Å². The number of likely N-dealkylation sites (N-methyl/N-ethyl adjacent to an activating group) is 1. The van der Waals surface area contributed by atoms with Crippen LogP contribution in [-0.2, 0) is 4.79 Å². The molecule has 1 saturated heterocycles. The standard InChI is InChI=1S/C11H15ClN4O/c1-14-11(17)8-3-2-4-16(8)10-6-7(13)5-9(12)15-10/h5-6,8H,2-4H2,1H3,(H2,13,15)(H,14,17). The zero-order chi connectivity index (χ0) is 12.4. The van der Waals surface area contributed by atoms with Gasteiger partial charge in [0.1, 0.15) is 17.0 Å². The summed E-state index contributed by atoms with van der Waals surface area (Å²) in [5, 5.41) is 3.01. The van der Waals surface area contributed by atoms with Crippen LogP contribution in [0.3, 0.4) is 0 Å². The van der Waals surface area contributed by atoms with Crippen molar-refractivity contribution < 1.29 is 4.79 Å². The van der Waals surface area contributed by atoms with Crippen molar-refractivity contribution in [3.8, 4) is 0 Å². The zero-order valence-electron chi connectivity index (χ0n) is 9.61. The molecule has 1 atom stereocenters. The molecule has 0 spiro atoms. The lowest BCUT2D eigenvalue weighted by molar-refractivity contribution is -0.121. The zero-order valence-corrected chi connectivity index (χ0v) is 10.4. The van der Waals surface area contributed by atoms with Gasteiger partial charge in [-0.05, 0) is 18.9 Å². The van der Waals surface area contributed by atoms with Crippen molar-refractivity contribution in [3.63, 3.8) is 0 Å². The number of rotatable bonds is 2. The monoisotopic (exact) mass is 254 g/mol. The van der Waals surface area contributed by atoms with E-state index in [1.165, 1.54) is 0 Å². The number of halogens is 1. The van der Waals surface area contributed by atoms with E-state index >= 15 is 0 Å². The third kappa shape index (κ3) is 2.44. The van der Waals surface area contributed by atoms with Crippen LogP contribution in [0.5, 0.6) is 0 Å². The highest BCUT2D eigenvalue weighted by Crippen LogP contribution is 2.27. The van der Waals surface area contributed by atoms with Crippen LogP contribution in [0.4, 0.5) is 11.5 Å². The number of anilines is 2. The number of carbonyl (C=O) groups is 1. The molecule has 17 heavy (non-hydrogen) atoms. The van der Waals surface area contributed by atoms with E-state index < -0.39 is 0 Å². The quantitative estimate of drug-likeness (QED) is 0.774. The number of nitrogens with two attached hydrogens (primary N) is 1. The highest BCUT2D eigenvalue weighted by atomic mass is 35.5. The van der Waals surface area contributed by atoms with E-state index in [-0.39, 0.29) is 11.9 Å². The molecule has 0 radical (unpaired) electrons. The number of carbonyl (C=O) groups excluding carboxylic acids is 1. The highest BCUT2D eigenvalue weighted by Gasteiger charge is 2.31. The van der Waals surface area contributed by atoms with E-state index in [1.807, 2.05) is 4.90 Å². The minimum atomic E-state index is -0.176. The highest BCUT2D eigenvalue weighted by molar-refractivity contribution is 6.29. The van der Waals surface area contributed by atoms with Gasteiger partial charge in [-0.15, -0.1) is 0 Å². The van der Waals surface area contributed by atoms with Crippen LogP contribution in [0.1, 0.15) is 12.8 Å². The number of amides is 1. The lowest BCUT2D eigenvalue weighted by Crippen LogP contribution is -2.42. The second-order valence-corrected chi connectivity index (χ2v) is 4.43. The molecule has 2 heterocycles. The fourth-order valence-electron chi connectivity index (χ4n) is 2.13. The maximum absolute atomic E-state index is 11.7. The molecule has 1 aromatic heterocycles. The van der Waals surface area contributed by atoms with Gasteiger partial charge in [0.15, 0.2) is 0 Å². The van der Waals surface area contributed by atoms with E-state index in [0.717, 1.165) is 19.4 Å². The van der Waals surface area contributed by atoms with E-state index in [9.17, 15) is 4.79 Å².